The van der Waals surface area contributed by atoms with Crippen LogP contribution in [0.2, 0.25) is 0 Å². The highest BCUT2D eigenvalue weighted by Gasteiger charge is 2.32. The molecule has 2 N–H and O–H groups in total. The highest BCUT2D eigenvalue weighted by molar-refractivity contribution is 5.67. The van der Waals surface area contributed by atoms with E-state index in [9.17, 15) is 13.6 Å². The Hall–Kier alpha value is -0.710. The molecular weight excluding hydrogens is 192 g/mol. The lowest BCUT2D eigenvalue weighted by Crippen LogP contribution is -2.37. The van der Waals surface area contributed by atoms with Crippen LogP contribution in [0.1, 0.15) is 19.3 Å². The van der Waals surface area contributed by atoms with E-state index >= 15 is 0 Å². The van der Waals surface area contributed by atoms with Gasteiger partial charge in [-0.2, -0.15) is 0 Å². The van der Waals surface area contributed by atoms with Crippen molar-refractivity contribution in [3.05, 3.63) is 0 Å². The van der Waals surface area contributed by atoms with Crippen molar-refractivity contribution in [2.24, 2.45) is 11.8 Å². The number of carboxylic acid groups (broad SMARTS) is 1. The average molecular weight is 207 g/mol. The fourth-order valence-electron chi connectivity index (χ4n) is 1.91. The summed E-state index contributed by atoms with van der Waals surface area (Å²) in [5.41, 5.74) is 0. The lowest BCUT2D eigenvalue weighted by atomic mass is 9.84. The van der Waals surface area contributed by atoms with Gasteiger partial charge in [0.2, 0.25) is 6.43 Å². The average Bonchev–Trinajstić information content (AvgIpc) is 2.15. The maximum atomic E-state index is 12.6. The summed E-state index contributed by atoms with van der Waals surface area (Å²) in [7, 11) is 0. The Labute approximate surface area is 81.5 Å². The Balaban J connectivity index is 2.51. The van der Waals surface area contributed by atoms with Gasteiger partial charge in [0, 0.05) is 5.92 Å². The van der Waals surface area contributed by atoms with Crippen LogP contribution in [0.25, 0.3) is 0 Å². The zero-order valence-electron chi connectivity index (χ0n) is 7.88. The first-order valence-corrected chi connectivity index (χ1v) is 4.82. The van der Waals surface area contributed by atoms with Crippen molar-refractivity contribution in [3.8, 4) is 0 Å². The van der Waals surface area contributed by atoms with Crippen molar-refractivity contribution in [3.63, 3.8) is 0 Å². The van der Waals surface area contributed by atoms with Gasteiger partial charge >= 0.3 is 5.97 Å². The van der Waals surface area contributed by atoms with Crippen LogP contribution in [-0.4, -0.2) is 30.6 Å². The topological polar surface area (TPSA) is 49.3 Å². The molecule has 0 aromatic heterocycles. The minimum absolute atomic E-state index is 0.195. The Morgan fingerprint density at radius 3 is 2.71 bits per heavy atom. The summed E-state index contributed by atoms with van der Waals surface area (Å²) in [6, 6.07) is 0. The summed E-state index contributed by atoms with van der Waals surface area (Å²) >= 11 is 0. The van der Waals surface area contributed by atoms with Gasteiger partial charge in [-0.1, -0.05) is 0 Å². The molecule has 0 spiro atoms. The summed E-state index contributed by atoms with van der Waals surface area (Å²) in [5, 5.41) is 11.5. The Kier molecular flexibility index (Phi) is 4.25. The lowest BCUT2D eigenvalue weighted by molar-refractivity contribution is -0.140. The molecule has 0 bridgehead atoms. The largest absolute Gasteiger partial charge is 0.481 e. The number of alkyl halides is 2. The standard InChI is InChI=1S/C9H15F2NO2/c10-9(11)7(4-8(13)14)6-2-1-3-12-5-6/h6-7,9,12H,1-5H2,(H,13,14). The molecule has 1 rings (SSSR count). The molecule has 0 saturated carbocycles. The van der Waals surface area contributed by atoms with Crippen LogP contribution in [0.3, 0.4) is 0 Å². The highest BCUT2D eigenvalue weighted by atomic mass is 19.3. The quantitative estimate of drug-likeness (QED) is 0.731. The molecule has 14 heavy (non-hydrogen) atoms. The van der Waals surface area contributed by atoms with E-state index in [0.717, 1.165) is 13.0 Å². The molecule has 82 valence electrons. The fourth-order valence-corrected chi connectivity index (χ4v) is 1.91. The monoisotopic (exact) mass is 207 g/mol. The maximum absolute atomic E-state index is 12.6. The van der Waals surface area contributed by atoms with E-state index in [2.05, 4.69) is 5.32 Å². The minimum Gasteiger partial charge on any atom is -0.481 e. The molecule has 2 atom stereocenters. The van der Waals surface area contributed by atoms with Gasteiger partial charge in [-0.05, 0) is 31.8 Å². The van der Waals surface area contributed by atoms with Gasteiger partial charge in [0.15, 0.2) is 0 Å². The number of nitrogens with one attached hydrogen (secondary N) is 1. The molecule has 0 aliphatic carbocycles. The third-order valence-electron chi connectivity index (χ3n) is 2.67. The number of aliphatic carboxylic acids is 1. The molecule has 0 aromatic rings. The number of hydrogen-bond acceptors (Lipinski definition) is 2. The number of rotatable bonds is 4. The molecule has 1 heterocycles. The summed E-state index contributed by atoms with van der Waals surface area (Å²) in [4.78, 5) is 10.4. The molecule has 3 nitrogen and oxygen atoms in total. The zero-order valence-corrected chi connectivity index (χ0v) is 7.88. The Morgan fingerprint density at radius 2 is 2.29 bits per heavy atom. The van der Waals surface area contributed by atoms with Crippen LogP contribution in [0.4, 0.5) is 8.78 Å². The normalized spacial score (nSPS) is 24.9. The molecule has 1 saturated heterocycles. The van der Waals surface area contributed by atoms with Crippen molar-refractivity contribution in [2.45, 2.75) is 25.7 Å². The smallest absolute Gasteiger partial charge is 0.303 e. The third kappa shape index (κ3) is 3.21. The zero-order chi connectivity index (χ0) is 10.6. The van der Waals surface area contributed by atoms with Gasteiger partial charge in [-0.15, -0.1) is 0 Å². The van der Waals surface area contributed by atoms with E-state index in [4.69, 9.17) is 5.11 Å². The molecule has 1 aliphatic rings. The van der Waals surface area contributed by atoms with Crippen LogP contribution in [0.5, 0.6) is 0 Å². The van der Waals surface area contributed by atoms with E-state index in [1.54, 1.807) is 0 Å². The van der Waals surface area contributed by atoms with Crippen molar-refractivity contribution in [1.29, 1.82) is 0 Å². The van der Waals surface area contributed by atoms with Gasteiger partial charge in [-0.3, -0.25) is 4.79 Å². The molecule has 0 amide bonds. The third-order valence-corrected chi connectivity index (χ3v) is 2.67. The van der Waals surface area contributed by atoms with E-state index < -0.39 is 24.7 Å². The first-order chi connectivity index (χ1) is 6.61. The van der Waals surface area contributed by atoms with Gasteiger partial charge in [0.05, 0.1) is 6.42 Å². The van der Waals surface area contributed by atoms with Crippen molar-refractivity contribution >= 4 is 5.97 Å². The number of piperidine rings is 1. The summed E-state index contributed by atoms with van der Waals surface area (Å²) < 4.78 is 25.1. The Morgan fingerprint density at radius 1 is 1.57 bits per heavy atom. The van der Waals surface area contributed by atoms with Gasteiger partial charge < -0.3 is 10.4 Å². The van der Waals surface area contributed by atoms with Crippen LogP contribution < -0.4 is 5.32 Å². The molecule has 2 unspecified atom stereocenters. The molecule has 5 heteroatoms. The van der Waals surface area contributed by atoms with Crippen LogP contribution in [0.15, 0.2) is 0 Å². The SMILES string of the molecule is O=C(O)CC(C(F)F)C1CCCNC1. The number of carbonyl (C=O) groups is 1. The first kappa shape index (κ1) is 11.4. The predicted octanol–water partition coefficient (Wildman–Crippen LogP) is 1.34. The summed E-state index contributed by atoms with van der Waals surface area (Å²) in [6.07, 6.45) is -1.40. The molecule has 0 radical (unpaired) electrons. The Bertz CT molecular complexity index is 193. The van der Waals surface area contributed by atoms with Crippen molar-refractivity contribution in [1.82, 2.24) is 5.32 Å². The van der Waals surface area contributed by atoms with E-state index in [1.807, 2.05) is 0 Å². The van der Waals surface area contributed by atoms with Crippen molar-refractivity contribution in [2.75, 3.05) is 13.1 Å². The van der Waals surface area contributed by atoms with Gasteiger partial charge in [-0.25, -0.2) is 8.78 Å². The second-order valence-electron chi connectivity index (χ2n) is 3.70. The fraction of sp³-hybridized carbons (Fsp3) is 0.889. The summed E-state index contributed by atoms with van der Waals surface area (Å²) in [5.74, 6) is -2.33. The van der Waals surface area contributed by atoms with E-state index in [-0.39, 0.29) is 5.92 Å². The number of carboxylic acids is 1. The molecule has 1 fully saturated rings. The highest BCUT2D eigenvalue weighted by Crippen LogP contribution is 2.28. The van der Waals surface area contributed by atoms with Crippen LogP contribution in [-0.2, 0) is 4.79 Å². The molecule has 0 aromatic carbocycles. The van der Waals surface area contributed by atoms with Crippen LogP contribution >= 0.6 is 0 Å². The maximum Gasteiger partial charge on any atom is 0.303 e. The van der Waals surface area contributed by atoms with E-state index in [0.29, 0.717) is 13.0 Å². The molecular formula is C9H15F2NO2. The number of halogens is 2. The lowest BCUT2D eigenvalue weighted by Gasteiger charge is -2.29. The molecule has 1 aliphatic heterocycles. The second-order valence-corrected chi connectivity index (χ2v) is 3.70. The first-order valence-electron chi connectivity index (χ1n) is 4.82. The van der Waals surface area contributed by atoms with Gasteiger partial charge in [0.1, 0.15) is 0 Å². The van der Waals surface area contributed by atoms with Crippen molar-refractivity contribution < 1.29 is 18.7 Å². The minimum atomic E-state index is -2.53. The van der Waals surface area contributed by atoms with E-state index in [1.165, 1.54) is 0 Å². The number of hydrogen-bond donors (Lipinski definition) is 2. The van der Waals surface area contributed by atoms with Crippen LogP contribution in [0, 0.1) is 11.8 Å². The summed E-state index contributed by atoms with van der Waals surface area (Å²) in [6.45, 7) is 1.36. The van der Waals surface area contributed by atoms with Gasteiger partial charge in [0.25, 0.3) is 0 Å². The second kappa shape index (κ2) is 5.24. The predicted molar refractivity (Wildman–Crippen MR) is 47.3 cm³/mol.